The van der Waals surface area contributed by atoms with Crippen LogP contribution >= 0.6 is 0 Å². The maximum atomic E-state index is 11.7. The molecule has 0 heterocycles. The van der Waals surface area contributed by atoms with Gasteiger partial charge in [-0.1, -0.05) is 6.92 Å². The van der Waals surface area contributed by atoms with E-state index in [1.807, 2.05) is 20.8 Å². The lowest BCUT2D eigenvalue weighted by atomic mass is 10.1. The Morgan fingerprint density at radius 2 is 1.72 bits per heavy atom. The lowest BCUT2D eigenvalue weighted by Gasteiger charge is -2.21. The quantitative estimate of drug-likeness (QED) is 0.358. The van der Waals surface area contributed by atoms with Crippen LogP contribution in [0.5, 0.6) is 5.75 Å². The van der Waals surface area contributed by atoms with Crippen molar-refractivity contribution in [2.24, 2.45) is 0 Å². The van der Waals surface area contributed by atoms with Crippen molar-refractivity contribution in [1.29, 1.82) is 0 Å². The van der Waals surface area contributed by atoms with E-state index < -0.39 is 17.7 Å². The minimum absolute atomic E-state index is 0.0657. The highest BCUT2D eigenvalue weighted by atomic mass is 17.5. The van der Waals surface area contributed by atoms with Gasteiger partial charge in [-0.3, -0.25) is 4.89 Å². The third-order valence-electron chi connectivity index (χ3n) is 3.25. The van der Waals surface area contributed by atoms with E-state index >= 15 is 0 Å². The maximum absolute atomic E-state index is 11.7. The standard InChI is InChI=1S/C17H24O8/c1-5-11-21-14-8-6-13(7-9-14)15(18)23-25-24-16(19)22-12-10-17(2,3)20-4/h6-9H,5,10-12H2,1-4H3. The summed E-state index contributed by atoms with van der Waals surface area (Å²) in [6.45, 7) is 6.34. The molecule has 0 N–H and O–H groups in total. The summed E-state index contributed by atoms with van der Waals surface area (Å²) in [7, 11) is 1.56. The number of hydrogen-bond donors (Lipinski definition) is 0. The molecule has 0 unspecified atom stereocenters. The van der Waals surface area contributed by atoms with Crippen molar-refractivity contribution in [2.45, 2.75) is 39.2 Å². The summed E-state index contributed by atoms with van der Waals surface area (Å²) >= 11 is 0. The molecule has 1 aromatic carbocycles. The van der Waals surface area contributed by atoms with Crippen LogP contribution in [0.25, 0.3) is 0 Å². The zero-order valence-corrected chi connectivity index (χ0v) is 14.9. The summed E-state index contributed by atoms with van der Waals surface area (Å²) in [5, 5.41) is 4.13. The van der Waals surface area contributed by atoms with Gasteiger partial charge in [-0.2, -0.15) is 0 Å². The summed E-state index contributed by atoms with van der Waals surface area (Å²) in [5.74, 6) is -0.187. The van der Waals surface area contributed by atoms with E-state index in [0.717, 1.165) is 6.42 Å². The lowest BCUT2D eigenvalue weighted by molar-refractivity contribution is -0.452. The Hall–Kier alpha value is -2.32. The average Bonchev–Trinajstić information content (AvgIpc) is 2.60. The van der Waals surface area contributed by atoms with Gasteiger partial charge < -0.3 is 14.2 Å². The summed E-state index contributed by atoms with van der Waals surface area (Å²) in [6.07, 6.45) is 0.224. The minimum atomic E-state index is -1.12. The number of carbonyl (C=O) groups excluding carboxylic acids is 2. The molecule has 0 saturated heterocycles. The smallest absolute Gasteiger partial charge is 0.494 e. The molecule has 0 saturated carbocycles. The zero-order valence-electron chi connectivity index (χ0n) is 14.9. The van der Waals surface area contributed by atoms with Crippen molar-refractivity contribution in [1.82, 2.24) is 0 Å². The molecule has 0 atom stereocenters. The van der Waals surface area contributed by atoms with Crippen molar-refractivity contribution in [3.8, 4) is 5.75 Å². The van der Waals surface area contributed by atoms with E-state index in [9.17, 15) is 9.59 Å². The first-order chi connectivity index (χ1) is 11.9. The molecule has 0 radical (unpaired) electrons. The molecule has 1 rings (SSSR count). The van der Waals surface area contributed by atoms with Gasteiger partial charge in [0.15, 0.2) is 0 Å². The predicted octanol–water partition coefficient (Wildman–Crippen LogP) is 3.45. The first kappa shape index (κ1) is 20.7. The average molecular weight is 356 g/mol. The second-order valence-corrected chi connectivity index (χ2v) is 5.71. The molecule has 0 aliphatic rings. The molecule has 8 heteroatoms. The Bertz CT molecular complexity index is 538. The fraction of sp³-hybridized carbons (Fsp3) is 0.529. The Morgan fingerprint density at radius 3 is 2.32 bits per heavy atom. The molecule has 0 aromatic heterocycles. The number of benzene rings is 1. The molecule has 1 aromatic rings. The van der Waals surface area contributed by atoms with Gasteiger partial charge in [0.05, 0.1) is 29.4 Å². The molecule has 0 aliphatic heterocycles. The largest absolute Gasteiger partial charge is 0.543 e. The monoisotopic (exact) mass is 356 g/mol. The van der Waals surface area contributed by atoms with Crippen molar-refractivity contribution in [2.75, 3.05) is 20.3 Å². The van der Waals surface area contributed by atoms with Crippen LogP contribution in [0.4, 0.5) is 4.79 Å². The SMILES string of the molecule is CCCOc1ccc(C(=O)OOOC(=O)OCCC(C)(C)OC)cc1. The van der Waals surface area contributed by atoms with Crippen LogP contribution in [0, 0.1) is 0 Å². The fourth-order valence-electron chi connectivity index (χ4n) is 1.54. The summed E-state index contributed by atoms with van der Waals surface area (Å²) in [6, 6.07) is 6.25. The molecule has 0 fully saturated rings. The van der Waals surface area contributed by atoms with Gasteiger partial charge in [0.25, 0.3) is 0 Å². The third-order valence-corrected chi connectivity index (χ3v) is 3.25. The van der Waals surface area contributed by atoms with Gasteiger partial charge in [-0.15, -0.1) is 0 Å². The van der Waals surface area contributed by atoms with E-state index in [1.54, 1.807) is 19.2 Å². The molecule has 0 spiro atoms. The van der Waals surface area contributed by atoms with Crippen molar-refractivity contribution >= 4 is 12.1 Å². The van der Waals surface area contributed by atoms with Gasteiger partial charge >= 0.3 is 12.1 Å². The second-order valence-electron chi connectivity index (χ2n) is 5.71. The highest BCUT2D eigenvalue weighted by Gasteiger charge is 2.18. The van der Waals surface area contributed by atoms with E-state index in [-0.39, 0.29) is 12.2 Å². The van der Waals surface area contributed by atoms with E-state index in [0.29, 0.717) is 18.8 Å². The molecule has 8 nitrogen and oxygen atoms in total. The highest BCUT2D eigenvalue weighted by Crippen LogP contribution is 2.14. The van der Waals surface area contributed by atoms with Crippen LogP contribution in [0.15, 0.2) is 24.3 Å². The number of rotatable bonds is 10. The minimum Gasteiger partial charge on any atom is -0.494 e. The Labute approximate surface area is 146 Å². The molecular formula is C17H24O8. The third kappa shape index (κ3) is 8.37. The maximum Gasteiger partial charge on any atom is 0.543 e. The van der Waals surface area contributed by atoms with Gasteiger partial charge in [0, 0.05) is 13.5 Å². The molecule has 0 aliphatic carbocycles. The van der Waals surface area contributed by atoms with Crippen molar-refractivity contribution in [3.05, 3.63) is 29.8 Å². The van der Waals surface area contributed by atoms with Crippen LogP contribution in [-0.2, 0) is 24.3 Å². The normalized spacial score (nSPS) is 10.9. The summed E-state index contributed by atoms with van der Waals surface area (Å²) in [4.78, 5) is 31.5. The Balaban J connectivity index is 2.26. The van der Waals surface area contributed by atoms with Crippen molar-refractivity contribution in [3.63, 3.8) is 0 Å². The fourth-order valence-corrected chi connectivity index (χ4v) is 1.54. The summed E-state index contributed by atoms with van der Waals surface area (Å²) in [5.41, 5.74) is -0.219. The zero-order chi connectivity index (χ0) is 18.7. The van der Waals surface area contributed by atoms with Crippen LogP contribution in [0.3, 0.4) is 0 Å². The number of hydrogen-bond acceptors (Lipinski definition) is 8. The number of ether oxygens (including phenoxy) is 3. The van der Waals surface area contributed by atoms with Crippen LogP contribution in [0.1, 0.15) is 44.0 Å². The van der Waals surface area contributed by atoms with Gasteiger partial charge in [0.2, 0.25) is 0 Å². The Morgan fingerprint density at radius 1 is 1.04 bits per heavy atom. The van der Waals surface area contributed by atoms with E-state index in [1.165, 1.54) is 12.1 Å². The molecule has 0 amide bonds. The first-order valence-electron chi connectivity index (χ1n) is 7.88. The summed E-state index contributed by atoms with van der Waals surface area (Å²) < 4.78 is 15.3. The van der Waals surface area contributed by atoms with Crippen LogP contribution in [-0.4, -0.2) is 38.0 Å². The molecular weight excluding hydrogens is 332 g/mol. The number of carbonyl (C=O) groups is 2. The van der Waals surface area contributed by atoms with Crippen LogP contribution in [0.2, 0.25) is 0 Å². The molecule has 0 bridgehead atoms. The number of methoxy groups -OCH3 is 1. The predicted molar refractivity (Wildman–Crippen MR) is 86.9 cm³/mol. The molecule has 25 heavy (non-hydrogen) atoms. The van der Waals surface area contributed by atoms with Gasteiger partial charge in [-0.05, 0) is 44.5 Å². The first-order valence-corrected chi connectivity index (χ1v) is 7.88. The Kier molecular flexibility index (Phi) is 8.73. The van der Waals surface area contributed by atoms with Gasteiger partial charge in [0.1, 0.15) is 5.75 Å². The second kappa shape index (κ2) is 10.5. The van der Waals surface area contributed by atoms with Gasteiger partial charge in [-0.25, -0.2) is 14.5 Å². The van der Waals surface area contributed by atoms with E-state index in [4.69, 9.17) is 14.2 Å². The van der Waals surface area contributed by atoms with Crippen molar-refractivity contribution < 1.29 is 38.6 Å². The van der Waals surface area contributed by atoms with E-state index in [2.05, 4.69) is 14.8 Å². The topological polar surface area (TPSA) is 89.5 Å². The lowest BCUT2D eigenvalue weighted by Crippen LogP contribution is -2.25. The van der Waals surface area contributed by atoms with Crippen LogP contribution < -0.4 is 4.74 Å². The highest BCUT2D eigenvalue weighted by molar-refractivity contribution is 5.89. The molecule has 140 valence electrons.